The van der Waals surface area contributed by atoms with E-state index in [1.54, 1.807) is 23.1 Å². The van der Waals surface area contributed by atoms with Crippen LogP contribution in [0, 0.1) is 19.8 Å². The van der Waals surface area contributed by atoms with Crippen LogP contribution in [0.5, 0.6) is 0 Å². The largest absolute Gasteiger partial charge is 0.305 e. The quantitative estimate of drug-likeness (QED) is 0.280. The van der Waals surface area contributed by atoms with Crippen LogP contribution in [0.1, 0.15) is 29.1 Å². The number of nitrogens with zero attached hydrogens (tertiary/aromatic N) is 6. The Morgan fingerprint density at radius 2 is 2.09 bits per heavy atom. The van der Waals surface area contributed by atoms with Crippen molar-refractivity contribution >= 4 is 33.3 Å². The second kappa shape index (κ2) is 8.18. The van der Waals surface area contributed by atoms with Gasteiger partial charge in [-0.15, -0.1) is 21.5 Å². The molecule has 0 radical (unpaired) electrons. The van der Waals surface area contributed by atoms with E-state index in [2.05, 4.69) is 55.8 Å². The molecule has 1 aromatic carbocycles. The summed E-state index contributed by atoms with van der Waals surface area (Å²) in [6, 6.07) is 11.1. The predicted octanol–water partition coefficient (Wildman–Crippen LogP) is 4.86. The second-order valence-corrected chi connectivity index (χ2v) is 11.8. The van der Waals surface area contributed by atoms with Gasteiger partial charge < -0.3 is 9.47 Å². The zero-order valence-electron chi connectivity index (χ0n) is 19.3. The first-order valence-electron chi connectivity index (χ1n) is 11.6. The van der Waals surface area contributed by atoms with Crippen LogP contribution in [0.15, 0.2) is 41.7 Å². The molecule has 3 aromatic heterocycles. The Bertz CT molecular complexity index is 1310. The smallest absolute Gasteiger partial charge is 0.191 e. The molecule has 0 amide bonds. The molecule has 8 heteroatoms. The van der Waals surface area contributed by atoms with Crippen LogP contribution in [-0.4, -0.2) is 55.0 Å². The van der Waals surface area contributed by atoms with Gasteiger partial charge in [0.25, 0.3) is 0 Å². The van der Waals surface area contributed by atoms with Crippen LogP contribution < -0.4 is 0 Å². The number of aromatic nitrogens is 5. The molecule has 4 heterocycles. The van der Waals surface area contributed by atoms with Gasteiger partial charge in [0.05, 0.1) is 15.2 Å². The molecule has 1 aliphatic heterocycles. The summed E-state index contributed by atoms with van der Waals surface area (Å²) in [4.78, 5) is 11.8. The standard InChI is InChI=1S/C25H28N6S2/c1-16-5-6-18(13-26-16)23-28-29-24(30(23)3)32-10-4-9-31-14-20-12-25(20,15-31)19-7-8-22-21(11-19)27-17(2)33-22/h5-8,11,13,20H,4,9-10,12,14-15H2,1-3H3. The van der Waals surface area contributed by atoms with Crippen molar-refractivity contribution in [3.05, 3.63) is 52.8 Å². The van der Waals surface area contributed by atoms with Gasteiger partial charge in [-0.2, -0.15) is 0 Å². The summed E-state index contributed by atoms with van der Waals surface area (Å²) in [6.07, 6.45) is 4.37. The molecular weight excluding hydrogens is 448 g/mol. The van der Waals surface area contributed by atoms with E-state index >= 15 is 0 Å². The van der Waals surface area contributed by atoms with Gasteiger partial charge in [0.1, 0.15) is 0 Å². The van der Waals surface area contributed by atoms with Crippen molar-refractivity contribution < 1.29 is 0 Å². The van der Waals surface area contributed by atoms with Crippen LogP contribution in [-0.2, 0) is 12.5 Å². The van der Waals surface area contributed by atoms with Crippen LogP contribution >= 0.6 is 23.1 Å². The zero-order valence-corrected chi connectivity index (χ0v) is 20.9. The molecule has 1 saturated heterocycles. The van der Waals surface area contributed by atoms with Crippen LogP contribution in [0.3, 0.4) is 0 Å². The number of pyridine rings is 1. The monoisotopic (exact) mass is 476 g/mol. The van der Waals surface area contributed by atoms with Gasteiger partial charge in [-0.25, -0.2) is 4.98 Å². The van der Waals surface area contributed by atoms with E-state index in [9.17, 15) is 0 Å². The van der Waals surface area contributed by atoms with E-state index in [1.807, 2.05) is 26.2 Å². The molecule has 0 N–H and O–H groups in total. The Labute approximate surface area is 202 Å². The number of piperidine rings is 1. The summed E-state index contributed by atoms with van der Waals surface area (Å²) in [5.41, 5.74) is 5.07. The summed E-state index contributed by atoms with van der Waals surface area (Å²) in [6.45, 7) is 7.65. The fraction of sp³-hybridized carbons (Fsp3) is 0.440. The lowest BCUT2D eigenvalue weighted by Crippen LogP contribution is -2.27. The van der Waals surface area contributed by atoms with Crippen molar-refractivity contribution in [2.45, 2.75) is 37.3 Å². The predicted molar refractivity (Wildman–Crippen MR) is 135 cm³/mol. The Balaban J connectivity index is 1.03. The first kappa shape index (κ1) is 21.3. The molecule has 2 unspecified atom stereocenters. The SMILES string of the molecule is Cc1ccc(-c2nnc(SCCCN3CC4CC4(c4ccc5sc(C)nc5c4)C3)n2C)cn1. The zero-order chi connectivity index (χ0) is 22.6. The van der Waals surface area contributed by atoms with Crippen molar-refractivity contribution in [2.24, 2.45) is 13.0 Å². The van der Waals surface area contributed by atoms with Crippen molar-refractivity contribution in [1.82, 2.24) is 29.6 Å². The Hall–Kier alpha value is -2.29. The van der Waals surface area contributed by atoms with Gasteiger partial charge in [-0.3, -0.25) is 4.98 Å². The Morgan fingerprint density at radius 1 is 1.18 bits per heavy atom. The minimum atomic E-state index is 0.374. The molecule has 2 fully saturated rings. The van der Waals surface area contributed by atoms with Gasteiger partial charge in [0, 0.05) is 48.8 Å². The fourth-order valence-corrected chi connectivity index (χ4v) is 6.94. The lowest BCUT2D eigenvalue weighted by Gasteiger charge is -2.21. The van der Waals surface area contributed by atoms with E-state index in [0.29, 0.717) is 5.41 Å². The number of aryl methyl sites for hydroxylation is 2. The number of likely N-dealkylation sites (tertiary alicyclic amines) is 1. The first-order valence-corrected chi connectivity index (χ1v) is 13.4. The molecular formula is C25H28N6S2. The lowest BCUT2D eigenvalue weighted by molar-refractivity contribution is 0.299. The maximum atomic E-state index is 4.72. The van der Waals surface area contributed by atoms with E-state index < -0.39 is 0 Å². The lowest BCUT2D eigenvalue weighted by atomic mass is 9.95. The maximum absolute atomic E-state index is 4.72. The summed E-state index contributed by atoms with van der Waals surface area (Å²) in [5, 5.41) is 10.9. The number of benzene rings is 1. The van der Waals surface area contributed by atoms with Gasteiger partial charge in [-0.1, -0.05) is 17.8 Å². The number of thiazole rings is 1. The highest BCUT2D eigenvalue weighted by molar-refractivity contribution is 7.99. The number of rotatable bonds is 7. The third kappa shape index (κ3) is 3.88. The van der Waals surface area contributed by atoms with Gasteiger partial charge in [0.2, 0.25) is 0 Å². The van der Waals surface area contributed by atoms with Crippen molar-refractivity contribution in [3.8, 4) is 11.4 Å². The summed E-state index contributed by atoms with van der Waals surface area (Å²) < 4.78 is 3.38. The molecule has 33 heavy (non-hydrogen) atoms. The number of thioether (sulfide) groups is 1. The highest BCUT2D eigenvalue weighted by Gasteiger charge is 2.60. The minimum Gasteiger partial charge on any atom is -0.305 e. The van der Waals surface area contributed by atoms with Gasteiger partial charge in [0.15, 0.2) is 11.0 Å². The van der Waals surface area contributed by atoms with Crippen LogP contribution in [0.25, 0.3) is 21.6 Å². The number of hydrogen-bond donors (Lipinski definition) is 0. The molecule has 0 bridgehead atoms. The third-order valence-electron chi connectivity index (χ3n) is 7.14. The number of hydrogen-bond acceptors (Lipinski definition) is 7. The summed E-state index contributed by atoms with van der Waals surface area (Å²) in [5.74, 6) is 2.74. The molecule has 0 spiro atoms. The average Bonchev–Trinajstić information content (AvgIpc) is 3.08. The minimum absolute atomic E-state index is 0.374. The summed E-state index contributed by atoms with van der Waals surface area (Å²) >= 11 is 3.59. The fourth-order valence-electron chi connectivity index (χ4n) is 5.30. The third-order valence-corrected chi connectivity index (χ3v) is 9.20. The molecule has 6 rings (SSSR count). The van der Waals surface area contributed by atoms with Gasteiger partial charge >= 0.3 is 0 Å². The highest BCUT2D eigenvalue weighted by Crippen LogP contribution is 2.59. The van der Waals surface area contributed by atoms with Crippen molar-refractivity contribution in [3.63, 3.8) is 0 Å². The molecule has 2 atom stereocenters. The van der Waals surface area contributed by atoms with Crippen molar-refractivity contribution in [2.75, 3.05) is 25.4 Å². The van der Waals surface area contributed by atoms with E-state index in [0.717, 1.165) is 51.9 Å². The van der Waals surface area contributed by atoms with Gasteiger partial charge in [-0.05, 0) is 69.0 Å². The molecule has 1 saturated carbocycles. The number of fused-ring (bicyclic) bond motifs is 2. The Morgan fingerprint density at radius 3 is 2.94 bits per heavy atom. The van der Waals surface area contributed by atoms with E-state index in [1.165, 1.54) is 35.3 Å². The molecule has 1 aliphatic carbocycles. The molecule has 4 aromatic rings. The summed E-state index contributed by atoms with van der Waals surface area (Å²) in [7, 11) is 2.04. The molecule has 6 nitrogen and oxygen atoms in total. The molecule has 170 valence electrons. The Kier molecular flexibility index (Phi) is 5.27. The average molecular weight is 477 g/mol. The normalized spacial score (nSPS) is 22.2. The first-order chi connectivity index (χ1) is 16.0. The topological polar surface area (TPSA) is 59.7 Å². The second-order valence-electron chi connectivity index (χ2n) is 9.46. The molecule has 2 aliphatic rings. The van der Waals surface area contributed by atoms with E-state index in [4.69, 9.17) is 4.98 Å². The maximum Gasteiger partial charge on any atom is 0.191 e. The van der Waals surface area contributed by atoms with Crippen LogP contribution in [0.4, 0.5) is 0 Å². The van der Waals surface area contributed by atoms with E-state index in [-0.39, 0.29) is 0 Å². The van der Waals surface area contributed by atoms with Crippen molar-refractivity contribution in [1.29, 1.82) is 0 Å². The highest BCUT2D eigenvalue weighted by atomic mass is 32.2. The van der Waals surface area contributed by atoms with Crippen LogP contribution in [0.2, 0.25) is 0 Å².